The zero-order valence-corrected chi connectivity index (χ0v) is 4.92. The van der Waals surface area contributed by atoms with Crippen LogP contribution >= 0.6 is 0 Å². The Kier molecular flexibility index (Phi) is 1.67. The zero-order chi connectivity index (χ0) is 5.82. The van der Waals surface area contributed by atoms with E-state index in [1.54, 1.807) is 0 Å². The van der Waals surface area contributed by atoms with Crippen LogP contribution in [-0.4, -0.2) is 19.0 Å². The van der Waals surface area contributed by atoms with Crippen LogP contribution in [0, 0.1) is 0 Å². The standard InChI is InChI=1S/C6H9NO/c1-2-3-6-7-4-5-8-6/h2-3H,4-5H2,1H3/b3-2+. The van der Waals surface area contributed by atoms with Gasteiger partial charge in [0.15, 0.2) is 0 Å². The van der Waals surface area contributed by atoms with Gasteiger partial charge in [-0.2, -0.15) is 0 Å². The molecular weight excluding hydrogens is 102 g/mol. The van der Waals surface area contributed by atoms with Gasteiger partial charge in [0.25, 0.3) is 0 Å². The molecule has 2 heteroatoms. The Morgan fingerprint density at radius 1 is 1.75 bits per heavy atom. The normalized spacial score (nSPS) is 18.9. The van der Waals surface area contributed by atoms with Gasteiger partial charge in [-0.25, -0.2) is 4.99 Å². The van der Waals surface area contributed by atoms with Crippen LogP contribution in [0.1, 0.15) is 6.92 Å². The summed E-state index contributed by atoms with van der Waals surface area (Å²) in [5.74, 6) is 0.771. The molecular formula is C6H9NO. The largest absolute Gasteiger partial charge is 0.476 e. The summed E-state index contributed by atoms with van der Waals surface area (Å²) in [7, 11) is 0. The van der Waals surface area contributed by atoms with Gasteiger partial charge in [0.2, 0.25) is 5.90 Å². The van der Waals surface area contributed by atoms with E-state index in [9.17, 15) is 0 Å². The minimum atomic E-state index is 0.750. The highest BCUT2D eigenvalue weighted by atomic mass is 16.5. The third-order valence-corrected chi connectivity index (χ3v) is 0.918. The summed E-state index contributed by atoms with van der Waals surface area (Å²) in [6.45, 7) is 3.52. The molecule has 0 aliphatic carbocycles. The second-order valence-electron chi connectivity index (χ2n) is 1.57. The number of nitrogens with zero attached hydrogens (tertiary/aromatic N) is 1. The van der Waals surface area contributed by atoms with Gasteiger partial charge in [-0.05, 0) is 13.0 Å². The van der Waals surface area contributed by atoms with Crippen molar-refractivity contribution in [2.75, 3.05) is 13.2 Å². The summed E-state index contributed by atoms with van der Waals surface area (Å²) in [4.78, 5) is 4.03. The molecule has 0 aromatic heterocycles. The summed E-state index contributed by atoms with van der Waals surface area (Å²) in [6, 6.07) is 0. The second-order valence-corrected chi connectivity index (χ2v) is 1.57. The third-order valence-electron chi connectivity index (χ3n) is 0.918. The van der Waals surface area contributed by atoms with E-state index < -0.39 is 0 Å². The number of allylic oxidation sites excluding steroid dienone is 1. The van der Waals surface area contributed by atoms with Gasteiger partial charge >= 0.3 is 0 Å². The van der Waals surface area contributed by atoms with E-state index in [-0.39, 0.29) is 0 Å². The summed E-state index contributed by atoms with van der Waals surface area (Å²) >= 11 is 0. The van der Waals surface area contributed by atoms with Crippen LogP contribution in [0.25, 0.3) is 0 Å². The predicted molar refractivity (Wildman–Crippen MR) is 33.1 cm³/mol. The Hall–Kier alpha value is -0.790. The molecule has 1 heterocycles. The molecule has 1 aliphatic rings. The average Bonchev–Trinajstić information content (AvgIpc) is 2.19. The lowest BCUT2D eigenvalue weighted by Crippen LogP contribution is -1.92. The summed E-state index contributed by atoms with van der Waals surface area (Å²) in [5, 5.41) is 0. The van der Waals surface area contributed by atoms with Crippen LogP contribution in [0.5, 0.6) is 0 Å². The zero-order valence-electron chi connectivity index (χ0n) is 4.92. The van der Waals surface area contributed by atoms with Crippen molar-refractivity contribution in [2.24, 2.45) is 4.99 Å². The number of ether oxygens (including phenoxy) is 1. The van der Waals surface area contributed by atoms with Crippen molar-refractivity contribution in [3.05, 3.63) is 12.2 Å². The SMILES string of the molecule is C/C=C/C1=NCCO1. The Balaban J connectivity index is 2.45. The van der Waals surface area contributed by atoms with Gasteiger partial charge in [0, 0.05) is 0 Å². The molecule has 0 bridgehead atoms. The number of aliphatic imine (C=N–C) groups is 1. The van der Waals surface area contributed by atoms with Crippen molar-refractivity contribution in [1.29, 1.82) is 0 Å². The minimum absolute atomic E-state index is 0.750. The summed E-state index contributed by atoms with van der Waals surface area (Å²) in [6.07, 6.45) is 3.79. The van der Waals surface area contributed by atoms with Crippen LogP contribution in [0.4, 0.5) is 0 Å². The third kappa shape index (κ3) is 1.09. The average molecular weight is 111 g/mol. The van der Waals surface area contributed by atoms with Crippen LogP contribution < -0.4 is 0 Å². The summed E-state index contributed by atoms with van der Waals surface area (Å²) in [5.41, 5.74) is 0. The lowest BCUT2D eigenvalue weighted by Gasteiger charge is -1.89. The molecule has 0 saturated heterocycles. The monoisotopic (exact) mass is 111 g/mol. The van der Waals surface area contributed by atoms with E-state index in [1.165, 1.54) is 0 Å². The van der Waals surface area contributed by atoms with Crippen molar-refractivity contribution in [1.82, 2.24) is 0 Å². The molecule has 0 saturated carbocycles. The molecule has 44 valence electrons. The van der Waals surface area contributed by atoms with Crippen LogP contribution in [-0.2, 0) is 4.74 Å². The Bertz CT molecular complexity index is 126. The van der Waals surface area contributed by atoms with Gasteiger partial charge in [0.1, 0.15) is 6.61 Å². The molecule has 0 amide bonds. The van der Waals surface area contributed by atoms with Gasteiger partial charge in [-0.1, -0.05) is 6.08 Å². The molecule has 2 nitrogen and oxygen atoms in total. The molecule has 0 aromatic rings. The lowest BCUT2D eigenvalue weighted by atomic mass is 10.5. The molecule has 1 rings (SSSR count). The van der Waals surface area contributed by atoms with Crippen molar-refractivity contribution in [2.45, 2.75) is 6.92 Å². The van der Waals surface area contributed by atoms with Gasteiger partial charge in [-0.15, -0.1) is 0 Å². The molecule has 0 radical (unpaired) electrons. The Morgan fingerprint density at radius 3 is 3.12 bits per heavy atom. The summed E-state index contributed by atoms with van der Waals surface area (Å²) < 4.78 is 5.06. The number of hydrogen-bond acceptors (Lipinski definition) is 2. The maximum Gasteiger partial charge on any atom is 0.208 e. The fourth-order valence-electron chi connectivity index (χ4n) is 0.595. The van der Waals surface area contributed by atoms with E-state index in [2.05, 4.69) is 4.99 Å². The topological polar surface area (TPSA) is 21.6 Å². The fourth-order valence-corrected chi connectivity index (χ4v) is 0.595. The first kappa shape index (κ1) is 5.35. The number of rotatable bonds is 1. The first-order valence-electron chi connectivity index (χ1n) is 2.73. The molecule has 0 N–H and O–H groups in total. The van der Waals surface area contributed by atoms with E-state index in [1.807, 2.05) is 19.1 Å². The minimum Gasteiger partial charge on any atom is -0.476 e. The highest BCUT2D eigenvalue weighted by Crippen LogP contribution is 1.93. The number of hydrogen-bond donors (Lipinski definition) is 0. The fraction of sp³-hybridized carbons (Fsp3) is 0.500. The first-order valence-corrected chi connectivity index (χ1v) is 2.73. The highest BCUT2D eigenvalue weighted by molar-refractivity contribution is 5.88. The highest BCUT2D eigenvalue weighted by Gasteiger charge is 1.99. The maximum atomic E-state index is 5.06. The molecule has 8 heavy (non-hydrogen) atoms. The Morgan fingerprint density at radius 2 is 2.62 bits per heavy atom. The maximum absolute atomic E-state index is 5.06. The van der Waals surface area contributed by atoms with Crippen molar-refractivity contribution < 1.29 is 4.74 Å². The van der Waals surface area contributed by atoms with Gasteiger partial charge < -0.3 is 4.74 Å². The van der Waals surface area contributed by atoms with Crippen LogP contribution in [0.2, 0.25) is 0 Å². The molecule has 0 atom stereocenters. The van der Waals surface area contributed by atoms with Crippen molar-refractivity contribution in [3.63, 3.8) is 0 Å². The predicted octanol–water partition coefficient (Wildman–Crippen LogP) is 0.991. The van der Waals surface area contributed by atoms with E-state index in [0.29, 0.717) is 0 Å². The molecule has 0 aromatic carbocycles. The molecule has 1 aliphatic heterocycles. The van der Waals surface area contributed by atoms with E-state index >= 15 is 0 Å². The quantitative estimate of drug-likeness (QED) is 0.494. The molecule has 0 unspecified atom stereocenters. The van der Waals surface area contributed by atoms with E-state index in [0.717, 1.165) is 19.0 Å². The second kappa shape index (κ2) is 2.50. The van der Waals surface area contributed by atoms with Crippen LogP contribution in [0.3, 0.4) is 0 Å². The van der Waals surface area contributed by atoms with Crippen LogP contribution in [0.15, 0.2) is 17.1 Å². The van der Waals surface area contributed by atoms with Crippen molar-refractivity contribution >= 4 is 5.90 Å². The Labute approximate surface area is 48.9 Å². The van der Waals surface area contributed by atoms with E-state index in [4.69, 9.17) is 4.74 Å². The molecule has 0 spiro atoms. The van der Waals surface area contributed by atoms with Crippen molar-refractivity contribution in [3.8, 4) is 0 Å². The first-order chi connectivity index (χ1) is 3.93. The van der Waals surface area contributed by atoms with Gasteiger partial charge in [0.05, 0.1) is 6.54 Å². The lowest BCUT2D eigenvalue weighted by molar-refractivity contribution is 0.350. The molecule has 0 fully saturated rings. The van der Waals surface area contributed by atoms with Gasteiger partial charge in [-0.3, -0.25) is 0 Å². The smallest absolute Gasteiger partial charge is 0.208 e.